The number of thiocarbonyl (C=S) groups is 1. The average Bonchev–Trinajstić information content (AvgIpc) is 2.94. The molecule has 1 amide bonds. The molecule has 1 aromatic carbocycles. The molecule has 0 atom stereocenters. The Kier molecular flexibility index (Phi) is 6.11. The van der Waals surface area contributed by atoms with Crippen LogP contribution >= 0.6 is 24.0 Å². The van der Waals surface area contributed by atoms with E-state index < -0.39 is 0 Å². The summed E-state index contributed by atoms with van der Waals surface area (Å²) < 4.78 is 2.70. The number of amides is 1. The summed E-state index contributed by atoms with van der Waals surface area (Å²) in [6, 6.07) is 13.9. The number of aromatic nitrogens is 1. The minimum absolute atomic E-state index is 0. The number of hydrogen-bond donors (Lipinski definition) is 0. The van der Waals surface area contributed by atoms with Gasteiger partial charge >= 0.3 is 0 Å². The van der Waals surface area contributed by atoms with E-state index in [9.17, 15) is 4.79 Å². The first-order valence-electron chi connectivity index (χ1n) is 6.76. The van der Waals surface area contributed by atoms with Crippen LogP contribution in [0.25, 0.3) is 0 Å². The van der Waals surface area contributed by atoms with E-state index in [1.165, 1.54) is 5.56 Å². The van der Waals surface area contributed by atoms with Gasteiger partial charge in [-0.05, 0) is 6.07 Å². The van der Waals surface area contributed by atoms with Crippen molar-refractivity contribution in [3.8, 4) is 0 Å². The van der Waals surface area contributed by atoms with Crippen molar-refractivity contribution in [1.29, 1.82) is 0 Å². The van der Waals surface area contributed by atoms with Crippen LogP contribution in [0.15, 0.2) is 54.9 Å². The summed E-state index contributed by atoms with van der Waals surface area (Å²) in [6.45, 7) is 1.46. The van der Waals surface area contributed by atoms with Gasteiger partial charge in [-0.25, -0.2) is 0 Å². The van der Waals surface area contributed by atoms with Crippen molar-refractivity contribution in [3.05, 3.63) is 66.0 Å². The van der Waals surface area contributed by atoms with E-state index >= 15 is 0 Å². The Bertz CT molecular complexity index is 679. The van der Waals surface area contributed by atoms with Crippen molar-refractivity contribution >= 4 is 34.2 Å². The lowest BCUT2D eigenvalue weighted by Gasteiger charge is -2.13. The standard InChI is InChI=1S/C16H15N2OS2.BrH/c19-15(18-9-10-21-16(18)20)14-7-4-8-17(12-14)11-13-5-2-1-3-6-13;/h1-8,12H,9-11H2;1H/q+1;/p-1. The number of thioether (sulfide) groups is 1. The van der Waals surface area contributed by atoms with E-state index in [0.29, 0.717) is 16.4 Å². The van der Waals surface area contributed by atoms with Crippen LogP contribution in [-0.2, 0) is 6.54 Å². The Balaban J connectivity index is 0.00000176. The minimum atomic E-state index is -0.00703. The first-order valence-corrected chi connectivity index (χ1v) is 8.15. The predicted molar refractivity (Wildman–Crippen MR) is 88.3 cm³/mol. The molecule has 0 N–H and O–H groups in total. The van der Waals surface area contributed by atoms with Crippen LogP contribution in [0.3, 0.4) is 0 Å². The van der Waals surface area contributed by atoms with Crippen LogP contribution in [0, 0.1) is 0 Å². The Morgan fingerprint density at radius 2 is 2.00 bits per heavy atom. The quantitative estimate of drug-likeness (QED) is 0.518. The van der Waals surface area contributed by atoms with Crippen molar-refractivity contribution in [1.82, 2.24) is 4.90 Å². The van der Waals surface area contributed by atoms with Gasteiger partial charge in [0.1, 0.15) is 9.88 Å². The fourth-order valence-corrected chi connectivity index (χ4v) is 3.48. The summed E-state index contributed by atoms with van der Waals surface area (Å²) >= 11 is 6.78. The monoisotopic (exact) mass is 394 g/mol. The van der Waals surface area contributed by atoms with E-state index in [-0.39, 0.29) is 22.9 Å². The summed E-state index contributed by atoms with van der Waals surface area (Å²) in [6.07, 6.45) is 3.86. The van der Waals surface area contributed by atoms with E-state index in [2.05, 4.69) is 12.1 Å². The summed E-state index contributed by atoms with van der Waals surface area (Å²) in [5.74, 6) is 0.883. The lowest BCUT2D eigenvalue weighted by molar-refractivity contribution is -0.688. The van der Waals surface area contributed by atoms with E-state index in [1.807, 2.05) is 47.3 Å². The third-order valence-corrected chi connectivity index (χ3v) is 4.75. The summed E-state index contributed by atoms with van der Waals surface area (Å²) in [7, 11) is 0. The number of carbonyl (C=O) groups is 1. The molecule has 1 aliphatic heterocycles. The predicted octanol–water partition coefficient (Wildman–Crippen LogP) is -0.500. The highest BCUT2D eigenvalue weighted by Gasteiger charge is 2.26. The molecule has 3 rings (SSSR count). The zero-order valence-corrected chi connectivity index (χ0v) is 15.0. The third-order valence-electron chi connectivity index (χ3n) is 3.32. The molecule has 22 heavy (non-hydrogen) atoms. The minimum Gasteiger partial charge on any atom is -1.00 e. The zero-order chi connectivity index (χ0) is 14.7. The molecule has 0 spiro atoms. The Labute approximate surface area is 150 Å². The number of rotatable bonds is 3. The van der Waals surface area contributed by atoms with Gasteiger partial charge in [-0.15, -0.1) is 0 Å². The molecule has 6 heteroatoms. The van der Waals surface area contributed by atoms with Crippen LogP contribution < -0.4 is 21.5 Å². The average molecular weight is 395 g/mol. The Morgan fingerprint density at radius 1 is 1.23 bits per heavy atom. The van der Waals surface area contributed by atoms with Crippen LogP contribution in [0.2, 0.25) is 0 Å². The maximum atomic E-state index is 12.5. The van der Waals surface area contributed by atoms with Crippen molar-refractivity contribution in [2.24, 2.45) is 0 Å². The molecule has 2 heterocycles. The largest absolute Gasteiger partial charge is 1.00 e. The second kappa shape index (κ2) is 7.85. The first kappa shape index (κ1) is 17.1. The lowest BCUT2D eigenvalue weighted by Crippen LogP contribution is -3.00. The van der Waals surface area contributed by atoms with Crippen LogP contribution in [0.4, 0.5) is 0 Å². The second-order valence-electron chi connectivity index (χ2n) is 4.82. The van der Waals surface area contributed by atoms with Gasteiger partial charge < -0.3 is 17.0 Å². The SMILES string of the molecule is O=C(c1ccc[n+](Cc2ccccc2)c1)N1CCSC1=S.[Br-]. The maximum Gasteiger partial charge on any atom is 0.265 e. The number of pyridine rings is 1. The summed E-state index contributed by atoms with van der Waals surface area (Å²) in [5.41, 5.74) is 1.89. The van der Waals surface area contributed by atoms with Crippen molar-refractivity contribution in [2.45, 2.75) is 6.54 Å². The van der Waals surface area contributed by atoms with Gasteiger partial charge in [0.05, 0.1) is 0 Å². The van der Waals surface area contributed by atoms with Gasteiger partial charge in [0.15, 0.2) is 18.9 Å². The van der Waals surface area contributed by atoms with Gasteiger partial charge in [-0.1, -0.05) is 54.3 Å². The van der Waals surface area contributed by atoms with Crippen molar-refractivity contribution in [2.75, 3.05) is 12.3 Å². The highest BCUT2D eigenvalue weighted by molar-refractivity contribution is 8.23. The smallest absolute Gasteiger partial charge is 0.265 e. The Morgan fingerprint density at radius 3 is 2.68 bits per heavy atom. The molecular weight excluding hydrogens is 380 g/mol. The molecule has 114 valence electrons. The molecule has 0 unspecified atom stereocenters. The van der Waals surface area contributed by atoms with Crippen LogP contribution in [-0.4, -0.2) is 27.4 Å². The number of nitrogens with zero attached hydrogens (tertiary/aromatic N) is 2. The fourth-order valence-electron chi connectivity index (χ4n) is 2.27. The molecule has 0 bridgehead atoms. The summed E-state index contributed by atoms with van der Waals surface area (Å²) in [4.78, 5) is 14.2. The fraction of sp³-hybridized carbons (Fsp3) is 0.188. The Hall–Kier alpha value is -1.24. The van der Waals surface area contributed by atoms with Gasteiger partial charge in [0.25, 0.3) is 5.91 Å². The topological polar surface area (TPSA) is 24.2 Å². The van der Waals surface area contributed by atoms with E-state index in [1.54, 1.807) is 16.7 Å². The number of halogens is 1. The van der Waals surface area contributed by atoms with Gasteiger partial charge in [-0.3, -0.25) is 9.69 Å². The second-order valence-corrected chi connectivity index (χ2v) is 6.55. The normalized spacial score (nSPS) is 13.8. The summed E-state index contributed by atoms with van der Waals surface area (Å²) in [5, 5.41) is 0. The lowest BCUT2D eigenvalue weighted by atomic mass is 10.2. The van der Waals surface area contributed by atoms with Gasteiger partial charge in [0.2, 0.25) is 0 Å². The highest BCUT2D eigenvalue weighted by atomic mass is 79.9. The van der Waals surface area contributed by atoms with Crippen molar-refractivity contribution in [3.63, 3.8) is 0 Å². The van der Waals surface area contributed by atoms with Crippen LogP contribution in [0.1, 0.15) is 15.9 Å². The number of hydrogen-bond acceptors (Lipinski definition) is 3. The highest BCUT2D eigenvalue weighted by Crippen LogP contribution is 2.19. The number of benzene rings is 1. The third kappa shape index (κ3) is 3.94. The molecule has 1 fully saturated rings. The maximum absolute atomic E-state index is 12.5. The molecule has 0 saturated carbocycles. The molecule has 1 aliphatic rings. The van der Waals surface area contributed by atoms with E-state index in [4.69, 9.17) is 12.2 Å². The van der Waals surface area contributed by atoms with Gasteiger partial charge in [-0.2, -0.15) is 4.57 Å². The first-order chi connectivity index (χ1) is 10.2. The zero-order valence-electron chi connectivity index (χ0n) is 11.8. The number of carbonyl (C=O) groups excluding carboxylic acids is 1. The molecule has 2 aromatic rings. The van der Waals surface area contributed by atoms with E-state index in [0.717, 1.165) is 12.3 Å². The molecule has 0 radical (unpaired) electrons. The van der Waals surface area contributed by atoms with Crippen LogP contribution in [0.5, 0.6) is 0 Å². The molecule has 3 nitrogen and oxygen atoms in total. The van der Waals surface area contributed by atoms with Gasteiger partial charge in [0, 0.05) is 23.9 Å². The molecule has 1 aromatic heterocycles. The molecular formula is C16H15BrN2OS2. The van der Waals surface area contributed by atoms with Crippen molar-refractivity contribution < 1.29 is 26.3 Å². The molecule has 0 aliphatic carbocycles. The molecule has 1 saturated heterocycles.